The molecule has 0 radical (unpaired) electrons. The van der Waals surface area contributed by atoms with Gasteiger partial charge in [0.1, 0.15) is 5.75 Å². The predicted octanol–water partition coefficient (Wildman–Crippen LogP) is 4.12. The minimum Gasteiger partial charge on any atom is -0.494 e. The molecule has 1 atom stereocenters. The molecule has 0 bridgehead atoms. The monoisotopic (exact) mass is 574 g/mol. The summed E-state index contributed by atoms with van der Waals surface area (Å²) in [5.74, 6) is -1.15. The number of carbonyl (C=O) groups excluding carboxylic acids is 1. The summed E-state index contributed by atoms with van der Waals surface area (Å²) in [5.41, 5.74) is 6.74. The number of fused-ring (bicyclic) bond motifs is 1. The Kier molecular flexibility index (Phi) is 9.85. The molecule has 0 spiro atoms. The molecule has 9 nitrogen and oxygen atoms in total. The van der Waals surface area contributed by atoms with Crippen molar-refractivity contribution in [1.29, 1.82) is 0 Å². The van der Waals surface area contributed by atoms with Crippen LogP contribution in [0.25, 0.3) is 10.9 Å². The van der Waals surface area contributed by atoms with E-state index >= 15 is 0 Å². The van der Waals surface area contributed by atoms with Crippen LogP contribution in [-0.2, 0) is 4.79 Å². The van der Waals surface area contributed by atoms with E-state index in [0.29, 0.717) is 33.3 Å². The number of nitrogens with zero attached hydrogens (tertiary/aromatic N) is 3. The maximum absolute atomic E-state index is 12.9. The van der Waals surface area contributed by atoms with Gasteiger partial charge in [-0.25, -0.2) is 4.57 Å². The van der Waals surface area contributed by atoms with Gasteiger partial charge in [-0.2, -0.15) is 0 Å². The lowest BCUT2D eigenvalue weighted by molar-refractivity contribution is -0.137. The van der Waals surface area contributed by atoms with Gasteiger partial charge in [0, 0.05) is 44.7 Å². The highest BCUT2D eigenvalue weighted by molar-refractivity contribution is 6.43. The van der Waals surface area contributed by atoms with Gasteiger partial charge in [0.05, 0.1) is 33.9 Å². The molecule has 0 aliphatic carbocycles. The molecule has 208 valence electrons. The number of hydrogen-bond donors (Lipinski definition) is 2. The van der Waals surface area contributed by atoms with Gasteiger partial charge in [-0.3, -0.25) is 19.3 Å². The number of ether oxygens (including phenoxy) is 1. The molecule has 1 aliphatic heterocycles. The first-order valence-corrected chi connectivity index (χ1v) is 13.7. The fourth-order valence-corrected chi connectivity index (χ4v) is 5.09. The van der Waals surface area contributed by atoms with Crippen LogP contribution < -0.4 is 20.9 Å². The molecular weight excluding hydrogens is 543 g/mol. The molecule has 1 unspecified atom stereocenters. The number of carboxylic acid groups (broad SMARTS) is 1. The Morgan fingerprint density at radius 1 is 1.03 bits per heavy atom. The Morgan fingerprint density at radius 3 is 2.51 bits per heavy atom. The molecule has 39 heavy (non-hydrogen) atoms. The highest BCUT2D eigenvalue weighted by Gasteiger charge is 2.21. The lowest BCUT2D eigenvalue weighted by Gasteiger charge is -2.36. The Balaban J connectivity index is 1.27. The lowest BCUT2D eigenvalue weighted by Crippen LogP contribution is -2.46. The minimum atomic E-state index is -1.10. The van der Waals surface area contributed by atoms with Gasteiger partial charge >= 0.3 is 5.97 Å². The fraction of sp³-hybridized carbons (Fsp3) is 0.393. The number of benzene rings is 2. The number of carboxylic acids is 1. The number of anilines is 1. The second-order valence-electron chi connectivity index (χ2n) is 9.56. The molecule has 2 aromatic carbocycles. The third-order valence-electron chi connectivity index (χ3n) is 6.86. The topological polar surface area (TPSA) is 118 Å². The zero-order valence-electron chi connectivity index (χ0n) is 21.5. The van der Waals surface area contributed by atoms with Crippen molar-refractivity contribution in [1.82, 2.24) is 9.47 Å². The summed E-state index contributed by atoms with van der Waals surface area (Å²) in [5, 5.41) is 10.7. The minimum absolute atomic E-state index is 0.0589. The van der Waals surface area contributed by atoms with E-state index in [9.17, 15) is 14.4 Å². The quantitative estimate of drug-likeness (QED) is 0.328. The van der Waals surface area contributed by atoms with Crippen molar-refractivity contribution >= 4 is 51.7 Å². The molecule has 2 heterocycles. The molecule has 0 saturated carbocycles. The number of aliphatic carboxylic acids is 1. The normalized spacial score (nSPS) is 14.9. The molecule has 1 saturated heterocycles. The number of hydrogen-bond acceptors (Lipinski definition) is 7. The number of aromatic nitrogens is 1. The number of pyridine rings is 1. The molecule has 3 aromatic rings. The first-order valence-electron chi connectivity index (χ1n) is 13.0. The average molecular weight is 575 g/mol. The first-order chi connectivity index (χ1) is 18.7. The highest BCUT2D eigenvalue weighted by atomic mass is 35.5. The van der Waals surface area contributed by atoms with E-state index in [1.807, 2.05) is 12.1 Å². The molecular formula is C28H32Cl2N4O5. The summed E-state index contributed by atoms with van der Waals surface area (Å²) in [7, 11) is 0. The van der Waals surface area contributed by atoms with E-state index in [1.54, 1.807) is 30.3 Å². The maximum Gasteiger partial charge on any atom is 0.303 e. The van der Waals surface area contributed by atoms with Gasteiger partial charge < -0.3 is 20.5 Å². The third kappa shape index (κ3) is 7.30. The van der Waals surface area contributed by atoms with Gasteiger partial charge in [-0.15, -0.1) is 0 Å². The molecule has 1 aromatic heterocycles. The van der Waals surface area contributed by atoms with Gasteiger partial charge in [-0.1, -0.05) is 29.3 Å². The SMILES string of the molecule is NC(CCC(=O)O)C(=O)n1c(=O)ccc2ccc(OCCCCN3CCN(c4cccc(Cl)c4Cl)CC3)cc21. The molecule has 3 N–H and O–H groups in total. The van der Waals surface area contributed by atoms with Crippen LogP contribution in [0.15, 0.2) is 53.3 Å². The molecule has 1 aliphatic rings. The van der Waals surface area contributed by atoms with Crippen LogP contribution in [0.1, 0.15) is 30.5 Å². The fourth-order valence-electron chi connectivity index (χ4n) is 4.67. The van der Waals surface area contributed by atoms with Crippen molar-refractivity contribution in [3.8, 4) is 5.75 Å². The largest absolute Gasteiger partial charge is 0.494 e. The highest BCUT2D eigenvalue weighted by Crippen LogP contribution is 2.32. The van der Waals surface area contributed by atoms with E-state index in [4.69, 9.17) is 38.8 Å². The van der Waals surface area contributed by atoms with Crippen molar-refractivity contribution in [2.24, 2.45) is 5.73 Å². The van der Waals surface area contributed by atoms with Gasteiger partial charge in [-0.05, 0) is 61.5 Å². The van der Waals surface area contributed by atoms with Crippen LogP contribution in [0.2, 0.25) is 10.0 Å². The number of halogens is 2. The molecule has 1 fully saturated rings. The third-order valence-corrected chi connectivity index (χ3v) is 7.67. The van der Waals surface area contributed by atoms with E-state index < -0.39 is 23.5 Å². The Hall–Kier alpha value is -3.11. The van der Waals surface area contributed by atoms with Crippen molar-refractivity contribution < 1.29 is 19.4 Å². The average Bonchev–Trinajstić information content (AvgIpc) is 2.93. The van der Waals surface area contributed by atoms with Crippen molar-refractivity contribution in [3.05, 3.63) is 68.9 Å². The Morgan fingerprint density at radius 2 is 1.77 bits per heavy atom. The van der Waals surface area contributed by atoms with Gasteiger partial charge in [0.15, 0.2) is 0 Å². The lowest BCUT2D eigenvalue weighted by atomic mass is 10.1. The standard InChI is InChI=1S/C28H32Cl2N4O5/c29-21-4-3-5-23(27(21)30)33-15-13-32(14-16-33)12-1-2-17-39-20-8-6-19-7-10-25(35)34(24(19)18-20)28(38)22(31)9-11-26(36)37/h3-8,10,18,22H,1-2,9,11-17,31H2,(H,36,37). The zero-order chi connectivity index (χ0) is 27.9. The van der Waals surface area contributed by atoms with Crippen LogP contribution in [0.3, 0.4) is 0 Å². The van der Waals surface area contributed by atoms with Crippen LogP contribution in [0.5, 0.6) is 5.75 Å². The smallest absolute Gasteiger partial charge is 0.303 e. The summed E-state index contributed by atoms with van der Waals surface area (Å²) in [4.78, 5) is 40.9. The number of nitrogens with two attached hydrogens (primary N) is 1. The number of rotatable bonds is 11. The summed E-state index contributed by atoms with van der Waals surface area (Å²) in [6.45, 7) is 5.10. The van der Waals surface area contributed by atoms with Crippen LogP contribution in [0.4, 0.5) is 5.69 Å². The van der Waals surface area contributed by atoms with Crippen LogP contribution >= 0.6 is 23.2 Å². The van der Waals surface area contributed by atoms with E-state index in [0.717, 1.165) is 55.8 Å². The second-order valence-corrected chi connectivity index (χ2v) is 10.3. The second kappa shape index (κ2) is 13.3. The number of carbonyl (C=O) groups is 2. The van der Waals surface area contributed by atoms with Crippen LogP contribution in [0, 0.1) is 0 Å². The Bertz CT molecular complexity index is 1390. The van der Waals surface area contributed by atoms with Gasteiger partial charge in [0.2, 0.25) is 0 Å². The summed E-state index contributed by atoms with van der Waals surface area (Å²) in [6, 6.07) is 12.8. The van der Waals surface area contributed by atoms with E-state index in [-0.39, 0.29) is 12.8 Å². The van der Waals surface area contributed by atoms with Crippen molar-refractivity contribution in [3.63, 3.8) is 0 Å². The molecule has 4 rings (SSSR count). The van der Waals surface area contributed by atoms with Crippen LogP contribution in [-0.4, -0.2) is 71.8 Å². The van der Waals surface area contributed by atoms with Crippen molar-refractivity contribution in [2.45, 2.75) is 31.7 Å². The van der Waals surface area contributed by atoms with E-state index in [2.05, 4.69) is 9.80 Å². The first kappa shape index (κ1) is 28.9. The molecule has 0 amide bonds. The number of piperazine rings is 1. The summed E-state index contributed by atoms with van der Waals surface area (Å²) in [6.07, 6.45) is 1.50. The summed E-state index contributed by atoms with van der Waals surface area (Å²) >= 11 is 12.5. The van der Waals surface area contributed by atoms with Gasteiger partial charge in [0.25, 0.3) is 11.5 Å². The van der Waals surface area contributed by atoms with Crippen molar-refractivity contribution in [2.75, 3.05) is 44.2 Å². The Labute approximate surface area is 236 Å². The predicted molar refractivity (Wildman–Crippen MR) is 154 cm³/mol. The van der Waals surface area contributed by atoms with E-state index in [1.165, 1.54) is 6.07 Å². The summed E-state index contributed by atoms with van der Waals surface area (Å²) < 4.78 is 6.93. The zero-order valence-corrected chi connectivity index (χ0v) is 23.0. The number of unbranched alkanes of at least 4 members (excludes halogenated alkanes) is 1. The maximum atomic E-state index is 12.9. The molecule has 11 heteroatoms.